The molecule has 121 valence electrons. The Hall–Kier alpha value is 1.70. The van der Waals surface area contributed by atoms with Crippen LogP contribution in [0.2, 0.25) is 0 Å². The molecule has 1 aliphatic rings. The van der Waals surface area contributed by atoms with Crippen molar-refractivity contribution in [1.29, 1.82) is 0 Å². The Balaban J connectivity index is 0.00000400. The van der Waals surface area contributed by atoms with E-state index in [-0.39, 0.29) is 51.4 Å². The predicted octanol–water partition coefficient (Wildman–Crippen LogP) is -3.37. The van der Waals surface area contributed by atoms with Crippen LogP contribution in [0.3, 0.4) is 0 Å². The van der Waals surface area contributed by atoms with E-state index in [1.165, 1.54) is 0 Å². The van der Waals surface area contributed by atoms with Crippen LogP contribution in [0.25, 0.3) is 0 Å². The van der Waals surface area contributed by atoms with Crippen molar-refractivity contribution in [2.75, 3.05) is 6.61 Å². The summed E-state index contributed by atoms with van der Waals surface area (Å²) >= 11 is 0. The first kappa shape index (κ1) is 22.7. The molecule has 1 heterocycles. The molecule has 0 aromatic carbocycles. The molecule has 15 heteroatoms. The Morgan fingerprint density at radius 2 is 1.43 bits per heavy atom. The van der Waals surface area contributed by atoms with Crippen LogP contribution in [0.4, 0.5) is 0 Å². The summed E-state index contributed by atoms with van der Waals surface area (Å²) in [5, 5.41) is 28.4. The molecule has 0 aromatic heterocycles. The Kier molecular flexibility index (Phi) is 9.40. The third-order valence-electron chi connectivity index (χ3n) is 2.32. The summed E-state index contributed by atoms with van der Waals surface area (Å²) in [4.78, 5) is 34.1. The van der Waals surface area contributed by atoms with Crippen LogP contribution in [0.1, 0.15) is 0 Å². The molecule has 7 N–H and O–H groups in total. The zero-order chi connectivity index (χ0) is 15.7. The standard InChI is InChI=1S/C6H14O12P2.K/c7-3-2(1-16-19(10,11)12)17-6(5(9)4(3)8)18-20(13,14)15;/h2-9H,1H2,(H2,10,11,12)(H2,13,14,15);/t2-,3-,4+,5-,6-;/m1./s1. The quantitative estimate of drug-likeness (QED) is 0.185. The van der Waals surface area contributed by atoms with Gasteiger partial charge in [-0.2, -0.15) is 0 Å². The van der Waals surface area contributed by atoms with E-state index in [1.807, 2.05) is 0 Å². The van der Waals surface area contributed by atoms with E-state index in [1.54, 1.807) is 0 Å². The minimum Gasteiger partial charge on any atom is -0.387 e. The Labute approximate surface area is 160 Å². The molecule has 0 aliphatic carbocycles. The van der Waals surface area contributed by atoms with Crippen molar-refractivity contribution in [1.82, 2.24) is 0 Å². The van der Waals surface area contributed by atoms with Crippen LogP contribution in [0, 0.1) is 0 Å². The zero-order valence-corrected chi connectivity index (χ0v) is 15.6. The first-order valence-electron chi connectivity index (χ1n) is 5.04. The van der Waals surface area contributed by atoms with Gasteiger partial charge in [0.15, 0.2) is 6.29 Å². The molecule has 0 saturated carbocycles. The molecule has 12 nitrogen and oxygen atoms in total. The monoisotopic (exact) mass is 379 g/mol. The second-order valence-electron chi connectivity index (χ2n) is 3.90. The topological polar surface area (TPSA) is 203 Å². The summed E-state index contributed by atoms with van der Waals surface area (Å²) in [5.74, 6) is 0. The van der Waals surface area contributed by atoms with Gasteiger partial charge in [-0.25, -0.2) is 9.13 Å². The van der Waals surface area contributed by atoms with Crippen molar-refractivity contribution in [3.05, 3.63) is 0 Å². The van der Waals surface area contributed by atoms with Gasteiger partial charge in [0, 0.05) is 51.4 Å². The number of ether oxygens (including phenoxy) is 1. The molecular weight excluding hydrogens is 365 g/mol. The van der Waals surface area contributed by atoms with Gasteiger partial charge in [0.25, 0.3) is 0 Å². The summed E-state index contributed by atoms with van der Waals surface area (Å²) in [6, 6.07) is 0. The SMILES string of the molecule is O=P(O)(O)OC[C@H]1O[C@H](OP(=O)(O)O)[C@H](O)[C@@H](O)[C@@H]1O.[K]. The number of hydrogen-bond acceptors (Lipinski definition) is 8. The van der Waals surface area contributed by atoms with Gasteiger partial charge >= 0.3 is 15.6 Å². The fourth-order valence-electron chi connectivity index (χ4n) is 1.45. The molecule has 1 fully saturated rings. The van der Waals surface area contributed by atoms with Gasteiger partial charge in [0.1, 0.15) is 24.4 Å². The molecule has 0 bridgehead atoms. The largest absolute Gasteiger partial charge is 0.472 e. The molecule has 21 heavy (non-hydrogen) atoms. The van der Waals surface area contributed by atoms with Crippen LogP contribution in [0.5, 0.6) is 0 Å². The molecule has 0 spiro atoms. The molecular formula is C6H14KO12P2. The average Bonchev–Trinajstić information content (AvgIpc) is 2.25. The first-order valence-corrected chi connectivity index (χ1v) is 8.10. The normalized spacial score (nSPS) is 34.3. The fraction of sp³-hybridized carbons (Fsp3) is 1.00. The maximum absolute atomic E-state index is 10.6. The molecule has 1 radical (unpaired) electrons. The van der Waals surface area contributed by atoms with Crippen LogP contribution in [-0.2, 0) is 22.9 Å². The number of rotatable bonds is 5. The van der Waals surface area contributed by atoms with Gasteiger partial charge < -0.3 is 39.6 Å². The van der Waals surface area contributed by atoms with Crippen molar-refractivity contribution in [3.8, 4) is 0 Å². The molecule has 1 aliphatic heterocycles. The zero-order valence-electron chi connectivity index (χ0n) is 10.7. The van der Waals surface area contributed by atoms with Crippen LogP contribution in [0.15, 0.2) is 0 Å². The van der Waals surface area contributed by atoms with Crippen molar-refractivity contribution in [2.24, 2.45) is 0 Å². The van der Waals surface area contributed by atoms with Gasteiger partial charge in [-0.1, -0.05) is 0 Å². The van der Waals surface area contributed by atoms with Crippen molar-refractivity contribution < 1.29 is 57.8 Å². The maximum Gasteiger partial charge on any atom is 0.472 e. The van der Waals surface area contributed by atoms with Crippen molar-refractivity contribution in [2.45, 2.75) is 30.7 Å². The minimum atomic E-state index is -5.07. The van der Waals surface area contributed by atoms with E-state index in [0.29, 0.717) is 0 Å². The number of phosphoric acid groups is 2. The van der Waals surface area contributed by atoms with Crippen LogP contribution < -0.4 is 0 Å². The second-order valence-corrected chi connectivity index (χ2v) is 6.33. The fourth-order valence-corrected chi connectivity index (χ4v) is 2.23. The third-order valence-corrected chi connectivity index (χ3v) is 3.28. The van der Waals surface area contributed by atoms with Crippen molar-refractivity contribution in [3.63, 3.8) is 0 Å². The van der Waals surface area contributed by atoms with Gasteiger partial charge in [0.2, 0.25) is 0 Å². The summed E-state index contributed by atoms with van der Waals surface area (Å²) in [6.07, 6.45) is -9.32. The molecule has 0 amide bonds. The van der Waals surface area contributed by atoms with Gasteiger partial charge in [-0.05, 0) is 0 Å². The predicted molar refractivity (Wildman–Crippen MR) is 63.6 cm³/mol. The molecule has 0 unspecified atom stereocenters. The Bertz CT molecular complexity index is 418. The average molecular weight is 379 g/mol. The number of hydrogen-bond donors (Lipinski definition) is 7. The van der Waals surface area contributed by atoms with Crippen molar-refractivity contribution >= 4 is 67.0 Å². The molecule has 1 saturated heterocycles. The minimum absolute atomic E-state index is 0. The Morgan fingerprint density at radius 1 is 0.905 bits per heavy atom. The van der Waals surface area contributed by atoms with E-state index < -0.39 is 53.0 Å². The van der Waals surface area contributed by atoms with E-state index in [2.05, 4.69) is 9.05 Å². The summed E-state index contributed by atoms with van der Waals surface area (Å²) in [7, 11) is -9.95. The van der Waals surface area contributed by atoms with E-state index >= 15 is 0 Å². The Morgan fingerprint density at radius 3 is 1.86 bits per heavy atom. The smallest absolute Gasteiger partial charge is 0.387 e. The van der Waals surface area contributed by atoms with Gasteiger partial charge in [-0.3, -0.25) is 9.05 Å². The molecule has 1 rings (SSSR count). The van der Waals surface area contributed by atoms with Gasteiger partial charge in [0.05, 0.1) is 6.61 Å². The van der Waals surface area contributed by atoms with Crippen LogP contribution in [-0.4, -0.2) is 124 Å². The van der Waals surface area contributed by atoms with Crippen LogP contribution >= 0.6 is 15.6 Å². The third kappa shape index (κ3) is 7.87. The number of aliphatic hydroxyl groups excluding tert-OH is 3. The number of phosphoric ester groups is 2. The van der Waals surface area contributed by atoms with E-state index in [4.69, 9.17) is 24.3 Å². The summed E-state index contributed by atoms with van der Waals surface area (Å²) in [5.41, 5.74) is 0. The number of aliphatic hydroxyl groups is 3. The van der Waals surface area contributed by atoms with E-state index in [0.717, 1.165) is 0 Å². The summed E-state index contributed by atoms with van der Waals surface area (Å²) in [6.45, 7) is -0.907. The maximum atomic E-state index is 10.6. The molecule has 5 atom stereocenters. The summed E-state index contributed by atoms with van der Waals surface area (Å²) < 4.78 is 33.9. The van der Waals surface area contributed by atoms with Gasteiger partial charge in [-0.15, -0.1) is 0 Å². The second kappa shape index (κ2) is 8.69. The first-order chi connectivity index (χ1) is 8.91. The van der Waals surface area contributed by atoms with E-state index in [9.17, 15) is 24.4 Å². The molecule has 0 aromatic rings.